The average molecular weight is 602 g/mol. The first kappa shape index (κ1) is 29.2. The van der Waals surface area contributed by atoms with Crippen LogP contribution in [-0.4, -0.2) is 108 Å². The van der Waals surface area contributed by atoms with Crippen LogP contribution < -0.4 is 16.4 Å². The molecule has 4 aliphatic rings. The van der Waals surface area contributed by atoms with Crippen LogP contribution in [0.25, 0.3) is 0 Å². The summed E-state index contributed by atoms with van der Waals surface area (Å²) in [6.45, 7) is 4.13. The lowest BCUT2D eigenvalue weighted by Gasteiger charge is -2.47. The van der Waals surface area contributed by atoms with Crippen molar-refractivity contribution >= 4 is 35.5 Å². The molecular weight excluding hydrogens is 571 g/mol. The largest absolute Gasteiger partial charge is 0.477 e. The minimum Gasteiger partial charge on any atom is -0.477 e. The molecule has 14 nitrogen and oxygen atoms in total. The number of β-lactam (4-membered cyclic amide) rings is 1. The number of hydrogen-bond acceptors (Lipinski definition) is 10. The molecule has 0 aromatic carbocycles. The Morgan fingerprint density at radius 2 is 2.05 bits per heavy atom. The molecule has 4 aliphatic heterocycles. The van der Waals surface area contributed by atoms with Gasteiger partial charge in [-0.1, -0.05) is 6.92 Å². The number of thioether (sulfide) groups is 1. The molecule has 18 heteroatoms. The van der Waals surface area contributed by atoms with E-state index in [0.29, 0.717) is 35.6 Å². The van der Waals surface area contributed by atoms with E-state index in [1.165, 1.54) is 16.7 Å². The topological polar surface area (TPSA) is 189 Å². The number of rotatable bonds is 8. The maximum atomic E-state index is 13.1. The molecule has 5 N–H and O–H groups in total. The summed E-state index contributed by atoms with van der Waals surface area (Å²) in [4.78, 5) is 54.3. The molecule has 0 saturated carbocycles. The van der Waals surface area contributed by atoms with Crippen molar-refractivity contribution in [2.24, 2.45) is 17.6 Å². The van der Waals surface area contributed by atoms with Crippen molar-refractivity contribution in [3.8, 4) is 0 Å². The Morgan fingerprint density at radius 1 is 1.32 bits per heavy atom. The van der Waals surface area contributed by atoms with Crippen molar-refractivity contribution in [1.82, 2.24) is 40.6 Å². The maximum absolute atomic E-state index is 13.1. The fraction of sp³-hybridized carbons (Fsp3) is 0.696. The lowest BCUT2D eigenvalue weighted by molar-refractivity contribution is -0.158. The Bertz CT molecular complexity index is 1290. The van der Waals surface area contributed by atoms with E-state index in [4.69, 9.17) is 5.73 Å². The molecular formula is C23H30F3N9O5S. The number of likely N-dealkylation sites (tertiary alicyclic amines) is 1. The Morgan fingerprint density at radius 3 is 2.68 bits per heavy atom. The summed E-state index contributed by atoms with van der Waals surface area (Å²) < 4.78 is 39.4. The van der Waals surface area contributed by atoms with Crippen LogP contribution in [0.15, 0.2) is 10.6 Å². The van der Waals surface area contributed by atoms with Crippen LogP contribution in [-0.2, 0) is 31.9 Å². The number of aromatic nitrogens is 4. The second-order valence-electron chi connectivity index (χ2n) is 10.8. The number of carbonyl (C=O) groups excluding carboxylic acids is 3. The van der Waals surface area contributed by atoms with Gasteiger partial charge in [0.05, 0.1) is 18.0 Å². The summed E-state index contributed by atoms with van der Waals surface area (Å²) in [7, 11) is 0. The molecule has 5 rings (SSSR count). The number of amides is 3. The zero-order chi connectivity index (χ0) is 29.8. The fourth-order valence-electron chi connectivity index (χ4n) is 6.10. The van der Waals surface area contributed by atoms with Crippen molar-refractivity contribution in [2.45, 2.75) is 68.8 Å². The van der Waals surface area contributed by atoms with E-state index in [-0.39, 0.29) is 28.8 Å². The van der Waals surface area contributed by atoms with E-state index in [9.17, 15) is 37.5 Å². The Labute approximate surface area is 236 Å². The zero-order valence-corrected chi connectivity index (χ0v) is 23.0. The number of carbonyl (C=O) groups is 4. The minimum absolute atomic E-state index is 0.0272. The fourth-order valence-corrected chi connectivity index (χ4v) is 7.58. The van der Waals surface area contributed by atoms with Crippen LogP contribution in [0.5, 0.6) is 0 Å². The van der Waals surface area contributed by atoms with Crippen molar-refractivity contribution in [3.05, 3.63) is 16.4 Å². The number of fused-ring (bicyclic) bond motifs is 1. The van der Waals surface area contributed by atoms with Crippen molar-refractivity contribution in [3.63, 3.8) is 0 Å². The number of halogens is 3. The number of carboxylic acid groups (broad SMARTS) is 1. The summed E-state index contributed by atoms with van der Waals surface area (Å²) in [6, 6.07) is -1.79. The molecule has 5 heterocycles. The molecule has 7 atom stereocenters. The molecule has 41 heavy (non-hydrogen) atoms. The van der Waals surface area contributed by atoms with Gasteiger partial charge >= 0.3 is 12.1 Å². The molecule has 1 unspecified atom stereocenters. The van der Waals surface area contributed by atoms with Gasteiger partial charge in [0.15, 0.2) is 0 Å². The Balaban J connectivity index is 1.23. The molecule has 3 saturated heterocycles. The lowest BCUT2D eigenvalue weighted by atomic mass is 9.78. The zero-order valence-electron chi connectivity index (χ0n) is 22.2. The van der Waals surface area contributed by atoms with Crippen LogP contribution in [0.3, 0.4) is 0 Å². The number of nitrogens with zero attached hydrogens (tertiary/aromatic N) is 6. The van der Waals surface area contributed by atoms with Gasteiger partial charge in [-0.25, -0.2) is 9.48 Å². The van der Waals surface area contributed by atoms with Crippen LogP contribution in [0.2, 0.25) is 0 Å². The van der Waals surface area contributed by atoms with E-state index in [1.54, 1.807) is 18.7 Å². The van der Waals surface area contributed by atoms with Crippen molar-refractivity contribution in [2.75, 3.05) is 19.6 Å². The Kier molecular flexibility index (Phi) is 7.75. The highest BCUT2D eigenvalue weighted by atomic mass is 32.2. The second kappa shape index (κ2) is 10.9. The molecule has 0 bridgehead atoms. The van der Waals surface area contributed by atoms with E-state index in [2.05, 4.69) is 26.2 Å². The predicted octanol–water partition coefficient (Wildman–Crippen LogP) is -1.01. The summed E-state index contributed by atoms with van der Waals surface area (Å²) in [5.74, 6) is -5.21. The molecule has 1 aromatic heterocycles. The molecule has 3 fully saturated rings. The summed E-state index contributed by atoms with van der Waals surface area (Å²) >= 11 is 1.34. The molecule has 224 valence electrons. The van der Waals surface area contributed by atoms with Crippen molar-refractivity contribution in [1.29, 1.82) is 0 Å². The average Bonchev–Trinajstić information content (AvgIpc) is 3.66. The van der Waals surface area contributed by atoms with Gasteiger partial charge in [0.25, 0.3) is 5.82 Å². The number of alkyl halides is 3. The first-order valence-corrected chi connectivity index (χ1v) is 14.0. The lowest BCUT2D eigenvalue weighted by Crippen LogP contribution is -2.66. The number of nitrogens with one attached hydrogen (secondary N) is 2. The first-order chi connectivity index (χ1) is 19.3. The minimum atomic E-state index is -4.85. The van der Waals surface area contributed by atoms with Gasteiger partial charge in [-0.2, -0.15) is 13.2 Å². The molecule has 3 amide bonds. The third kappa shape index (κ3) is 5.39. The summed E-state index contributed by atoms with van der Waals surface area (Å²) in [5, 5.41) is 24.7. The van der Waals surface area contributed by atoms with Crippen LogP contribution in [0.1, 0.15) is 32.5 Å². The normalized spacial score (nSPS) is 30.4. The monoisotopic (exact) mass is 601 g/mol. The number of aliphatic carboxylic acids is 1. The molecule has 1 aromatic rings. The predicted molar refractivity (Wildman–Crippen MR) is 135 cm³/mol. The van der Waals surface area contributed by atoms with E-state index >= 15 is 0 Å². The highest BCUT2D eigenvalue weighted by Gasteiger charge is 2.60. The third-order valence-electron chi connectivity index (χ3n) is 8.02. The van der Waals surface area contributed by atoms with Gasteiger partial charge in [0, 0.05) is 47.8 Å². The maximum Gasteiger partial charge on any atom is 0.453 e. The highest BCUT2D eigenvalue weighted by molar-refractivity contribution is 8.03. The quantitative estimate of drug-likeness (QED) is 0.267. The number of carboxylic acids is 1. The summed E-state index contributed by atoms with van der Waals surface area (Å²) in [5.41, 5.74) is 5.81. The number of tetrazole rings is 1. The standard InChI is InChI=1S/C23H30F3N9O5S/c1-9-16-15(10(2)29-14(36)8-34-22(23(24,25)26)30-31-32-34)20(38)35(16)17(21(39)40)18(9)41-12-5-13(28-6-12)19(37)33-4-3-11(27)7-33/h9-13,15-16,28H,3-8,27H2,1-2H3,(H,29,36)(H,39,40)/t9-,10?,11-,12+,13+,15-,16-/m1/s1. The van der Waals surface area contributed by atoms with Gasteiger partial charge in [0.2, 0.25) is 17.7 Å². The van der Waals surface area contributed by atoms with E-state index < -0.39 is 60.4 Å². The van der Waals surface area contributed by atoms with Crippen molar-refractivity contribution < 1.29 is 37.5 Å². The van der Waals surface area contributed by atoms with Crippen LogP contribution in [0, 0.1) is 11.8 Å². The van der Waals surface area contributed by atoms with Crippen LogP contribution >= 0.6 is 11.8 Å². The van der Waals surface area contributed by atoms with Gasteiger partial charge < -0.3 is 31.3 Å². The van der Waals surface area contributed by atoms with E-state index in [0.717, 1.165) is 6.42 Å². The molecule has 0 aliphatic carbocycles. The smallest absolute Gasteiger partial charge is 0.453 e. The molecule has 0 spiro atoms. The Hall–Kier alpha value is -3.25. The third-order valence-corrected chi connectivity index (χ3v) is 9.53. The first-order valence-electron chi connectivity index (χ1n) is 13.2. The second-order valence-corrected chi connectivity index (χ2v) is 12.2. The van der Waals surface area contributed by atoms with Gasteiger partial charge in [0.1, 0.15) is 12.2 Å². The van der Waals surface area contributed by atoms with Crippen LogP contribution in [0.4, 0.5) is 13.2 Å². The van der Waals surface area contributed by atoms with Gasteiger partial charge in [-0.05, 0) is 30.2 Å². The van der Waals surface area contributed by atoms with E-state index in [1.807, 2.05) is 0 Å². The highest BCUT2D eigenvalue weighted by Crippen LogP contribution is 2.52. The molecule has 0 radical (unpaired) electrons. The summed E-state index contributed by atoms with van der Waals surface area (Å²) in [6.07, 6.45) is -3.61. The number of hydrogen-bond donors (Lipinski definition) is 4. The van der Waals surface area contributed by atoms with Gasteiger partial charge in [-0.15, -0.1) is 16.9 Å². The van der Waals surface area contributed by atoms with Gasteiger partial charge in [-0.3, -0.25) is 14.4 Å². The SMILES string of the molecule is CC(NC(=O)Cn1nnnc1C(F)(F)F)[C@H]1C(=O)N2C(C(=O)O)=C(S[C@@H]3CN[C@H](C(=O)N4CC[C@@H](N)C4)C3)[C@H](C)[C@H]12. The number of nitrogens with two attached hydrogens (primary N) is 1.